The fraction of sp³-hybridized carbons (Fsp3) is 0.267. The number of imidazole rings is 1. The van der Waals surface area contributed by atoms with Gasteiger partial charge in [-0.05, 0) is 29.4 Å². The van der Waals surface area contributed by atoms with E-state index in [9.17, 15) is 10.1 Å². The molecule has 22 heavy (non-hydrogen) atoms. The Kier molecular flexibility index (Phi) is 2.90. The van der Waals surface area contributed by atoms with Gasteiger partial charge < -0.3 is 15.0 Å². The van der Waals surface area contributed by atoms with Crippen LogP contribution in [0.4, 0.5) is 11.6 Å². The van der Waals surface area contributed by atoms with E-state index >= 15 is 0 Å². The Morgan fingerprint density at radius 1 is 1.41 bits per heavy atom. The van der Waals surface area contributed by atoms with E-state index in [4.69, 9.17) is 0 Å². The van der Waals surface area contributed by atoms with Crippen LogP contribution in [-0.4, -0.2) is 20.9 Å². The van der Waals surface area contributed by atoms with Gasteiger partial charge in [-0.2, -0.15) is 9.38 Å². The van der Waals surface area contributed by atoms with Gasteiger partial charge in [0.15, 0.2) is 0 Å². The maximum absolute atomic E-state index is 11.5. The van der Waals surface area contributed by atoms with Crippen molar-refractivity contribution in [2.45, 2.75) is 19.4 Å². The molecule has 0 spiro atoms. The van der Waals surface area contributed by atoms with Crippen LogP contribution in [-0.2, 0) is 6.42 Å². The third-order valence-electron chi connectivity index (χ3n) is 4.26. The smallest absolute Gasteiger partial charge is 0.358 e. The van der Waals surface area contributed by atoms with Crippen LogP contribution in [0.2, 0.25) is 0 Å². The number of hydrogen-bond donors (Lipinski definition) is 0. The zero-order valence-electron chi connectivity index (χ0n) is 12.0. The second kappa shape index (κ2) is 4.81. The number of anilines is 1. The van der Waals surface area contributed by atoms with E-state index in [1.54, 1.807) is 10.6 Å². The minimum Gasteiger partial charge on any atom is -0.358 e. The Bertz CT molecular complexity index is 869. The summed E-state index contributed by atoms with van der Waals surface area (Å²) in [7, 11) is 0. The third-order valence-corrected chi connectivity index (χ3v) is 5.02. The minimum atomic E-state index is -0.338. The molecule has 1 aromatic carbocycles. The van der Waals surface area contributed by atoms with Gasteiger partial charge in [-0.3, -0.25) is 0 Å². The lowest BCUT2D eigenvalue weighted by molar-refractivity contribution is -0.389. The van der Waals surface area contributed by atoms with Crippen molar-refractivity contribution in [3.8, 4) is 0 Å². The van der Waals surface area contributed by atoms with Crippen LogP contribution in [0, 0.1) is 10.1 Å². The number of fused-ring (bicyclic) bond motifs is 2. The summed E-state index contributed by atoms with van der Waals surface area (Å²) in [4.78, 5) is 18.4. The first-order valence-corrected chi connectivity index (χ1v) is 7.99. The highest BCUT2D eigenvalue weighted by molar-refractivity contribution is 7.15. The third kappa shape index (κ3) is 1.82. The van der Waals surface area contributed by atoms with Gasteiger partial charge in [-0.1, -0.05) is 35.6 Å². The van der Waals surface area contributed by atoms with E-state index in [1.807, 2.05) is 22.4 Å². The normalized spacial score (nSPS) is 17.7. The molecule has 7 heteroatoms. The predicted molar refractivity (Wildman–Crippen MR) is 85.6 cm³/mol. The first-order valence-electron chi connectivity index (χ1n) is 7.11. The molecule has 0 amide bonds. The summed E-state index contributed by atoms with van der Waals surface area (Å²) in [5, 5.41) is 13.3. The Hall–Kier alpha value is -2.41. The molecule has 0 aliphatic carbocycles. The Morgan fingerprint density at radius 3 is 3.05 bits per heavy atom. The summed E-state index contributed by atoms with van der Waals surface area (Å²) in [5.41, 5.74) is 2.54. The first kappa shape index (κ1) is 13.3. The van der Waals surface area contributed by atoms with Crippen molar-refractivity contribution >= 4 is 27.9 Å². The molecule has 0 bridgehead atoms. The summed E-state index contributed by atoms with van der Waals surface area (Å²) in [6.07, 6.45) is 2.58. The first-order chi connectivity index (χ1) is 10.7. The fourth-order valence-corrected chi connectivity index (χ4v) is 3.89. The van der Waals surface area contributed by atoms with E-state index in [1.165, 1.54) is 22.5 Å². The molecule has 2 aromatic heterocycles. The van der Waals surface area contributed by atoms with E-state index in [0.29, 0.717) is 10.8 Å². The van der Waals surface area contributed by atoms with E-state index in [0.717, 1.165) is 13.0 Å². The number of nitro groups is 1. The van der Waals surface area contributed by atoms with E-state index < -0.39 is 0 Å². The average molecular weight is 314 g/mol. The van der Waals surface area contributed by atoms with E-state index in [2.05, 4.69) is 24.0 Å². The molecule has 0 fully saturated rings. The number of thiazole rings is 1. The fourth-order valence-electron chi connectivity index (χ4n) is 3.19. The Morgan fingerprint density at radius 2 is 2.23 bits per heavy atom. The van der Waals surface area contributed by atoms with Crippen molar-refractivity contribution in [3.63, 3.8) is 0 Å². The van der Waals surface area contributed by atoms with Crippen molar-refractivity contribution in [2.24, 2.45) is 0 Å². The zero-order valence-corrected chi connectivity index (χ0v) is 12.8. The summed E-state index contributed by atoms with van der Waals surface area (Å²) in [6, 6.07) is 8.35. The zero-order chi connectivity index (χ0) is 15.3. The lowest BCUT2D eigenvalue weighted by Gasteiger charge is -2.34. The van der Waals surface area contributed by atoms with Gasteiger partial charge >= 0.3 is 5.82 Å². The van der Waals surface area contributed by atoms with Crippen molar-refractivity contribution in [1.29, 1.82) is 0 Å². The van der Waals surface area contributed by atoms with Gasteiger partial charge in [-0.15, -0.1) is 0 Å². The van der Waals surface area contributed by atoms with Gasteiger partial charge in [-0.25, -0.2) is 0 Å². The van der Waals surface area contributed by atoms with Crippen LogP contribution in [0.25, 0.3) is 4.96 Å². The largest absolute Gasteiger partial charge is 0.373 e. The number of rotatable bonds is 2. The van der Waals surface area contributed by atoms with Crippen LogP contribution in [0.5, 0.6) is 0 Å². The van der Waals surface area contributed by atoms with Crippen molar-refractivity contribution in [2.75, 3.05) is 11.4 Å². The van der Waals surface area contributed by atoms with Crippen LogP contribution in [0.1, 0.15) is 24.1 Å². The minimum absolute atomic E-state index is 0.0579. The predicted octanol–water partition coefficient (Wildman–Crippen LogP) is 3.43. The molecule has 0 N–H and O–H groups in total. The highest BCUT2D eigenvalue weighted by Gasteiger charge is 2.33. The molecule has 0 saturated carbocycles. The quantitative estimate of drug-likeness (QED) is 0.537. The molecule has 0 unspecified atom stereocenters. The van der Waals surface area contributed by atoms with Crippen LogP contribution in [0.3, 0.4) is 0 Å². The monoisotopic (exact) mass is 314 g/mol. The molecule has 3 heterocycles. The van der Waals surface area contributed by atoms with Crippen molar-refractivity contribution in [1.82, 2.24) is 9.38 Å². The summed E-state index contributed by atoms with van der Waals surface area (Å²) in [6.45, 7) is 2.82. The maximum atomic E-state index is 11.5. The average Bonchev–Trinajstić information content (AvgIpc) is 3.08. The van der Waals surface area contributed by atoms with Crippen LogP contribution in [0.15, 0.2) is 35.8 Å². The maximum Gasteiger partial charge on any atom is 0.373 e. The lowest BCUT2D eigenvalue weighted by Crippen LogP contribution is -2.34. The molecule has 1 aliphatic rings. The highest BCUT2D eigenvalue weighted by Crippen LogP contribution is 2.38. The van der Waals surface area contributed by atoms with Crippen LogP contribution < -0.4 is 4.90 Å². The molecule has 1 aliphatic heterocycles. The Balaban J connectivity index is 1.85. The highest BCUT2D eigenvalue weighted by atomic mass is 32.1. The molecule has 0 radical (unpaired) electrons. The molecule has 6 nitrogen and oxygen atoms in total. The molecular weight excluding hydrogens is 300 g/mol. The number of benzene rings is 1. The van der Waals surface area contributed by atoms with Gasteiger partial charge in [0.2, 0.25) is 5.82 Å². The molecular formula is C15H14N4O2S. The topological polar surface area (TPSA) is 63.7 Å². The Labute approximate surface area is 130 Å². The standard InChI is InChI=1S/C15H14N4O2S/c1-10-12-5-3-2-4-11(12)6-7-17(10)13-14(19(20)21)18-8-9-22-15(18)16-13/h2-5,8-10H,6-7H2,1H3/t10-/m0/s1. The van der Waals surface area contributed by atoms with Crippen molar-refractivity contribution < 1.29 is 4.92 Å². The van der Waals surface area contributed by atoms with Crippen molar-refractivity contribution in [3.05, 3.63) is 57.1 Å². The lowest BCUT2D eigenvalue weighted by atomic mass is 9.94. The number of aromatic nitrogens is 2. The summed E-state index contributed by atoms with van der Waals surface area (Å²) in [5.74, 6) is 0.529. The summed E-state index contributed by atoms with van der Waals surface area (Å²) >= 11 is 1.41. The summed E-state index contributed by atoms with van der Waals surface area (Å²) < 4.78 is 1.56. The van der Waals surface area contributed by atoms with Gasteiger partial charge in [0.25, 0.3) is 4.96 Å². The number of hydrogen-bond acceptors (Lipinski definition) is 5. The molecule has 0 saturated heterocycles. The molecule has 3 aromatic rings. The van der Waals surface area contributed by atoms with Gasteiger partial charge in [0, 0.05) is 11.9 Å². The molecule has 112 valence electrons. The van der Waals surface area contributed by atoms with E-state index in [-0.39, 0.29) is 16.8 Å². The SMILES string of the molecule is C[C@H]1c2ccccc2CCN1c1nc2sccn2c1[N+](=O)[O-]. The molecule has 1 atom stereocenters. The van der Waals surface area contributed by atoms with Crippen LogP contribution >= 0.6 is 11.3 Å². The van der Waals surface area contributed by atoms with Gasteiger partial charge in [0.1, 0.15) is 6.20 Å². The second-order valence-electron chi connectivity index (χ2n) is 5.39. The van der Waals surface area contributed by atoms with Gasteiger partial charge in [0.05, 0.1) is 6.04 Å². The second-order valence-corrected chi connectivity index (χ2v) is 6.26. The number of nitrogens with zero attached hydrogens (tertiary/aromatic N) is 4. The molecule has 4 rings (SSSR count).